The van der Waals surface area contributed by atoms with Crippen LogP contribution in [0.1, 0.15) is 52.5 Å². The molecule has 0 radical (unpaired) electrons. The molecular weight excluding hydrogens is 918 g/mol. The molecule has 5 aromatic carbocycles. The Kier molecular flexibility index (Phi) is 13.2. The Balaban J connectivity index is 1.16. The van der Waals surface area contributed by atoms with Gasteiger partial charge in [0.1, 0.15) is 0 Å². The van der Waals surface area contributed by atoms with Crippen LogP contribution in [0, 0.1) is 21.3 Å². The number of carbonyl (C=O) groups is 2. The average Bonchev–Trinajstić information content (AvgIpc) is 3.53. The second-order valence-electron chi connectivity index (χ2n) is 17.9. The standard InChI is InChI=1S/C51H54BIN2O7Si/c1-33(27-34-28-43(53)48(56)45(29-34)60-5)21-26-44-46-35(32-61-63(51(2,3)4,39-17-11-7-12-18-39)40-19-13-8-14-20-40)30-41-47(42(46)31-52(59)62-44)50(58)55(49(41)57)38-24-22-37(23-25-38)54-36-15-9-6-10-16-36/h6-20,22-25,27-29,41-42,44,47,54,56,59H,21,26,30-32H2,1-5H3/b33-27+/t41-,42+,44-,47-/m1/s1. The molecule has 2 fully saturated rings. The number of benzene rings is 5. The van der Waals surface area contributed by atoms with Crippen molar-refractivity contribution in [3.05, 3.63) is 153 Å². The van der Waals surface area contributed by atoms with Crippen molar-refractivity contribution < 1.29 is 33.5 Å². The quantitative estimate of drug-likeness (QED) is 0.0463. The fraction of sp³-hybridized carbons (Fsp3) is 0.294. The van der Waals surface area contributed by atoms with Gasteiger partial charge >= 0.3 is 7.12 Å². The van der Waals surface area contributed by atoms with Gasteiger partial charge in [-0.05, 0) is 142 Å². The highest BCUT2D eigenvalue weighted by Gasteiger charge is 2.58. The number of allylic oxidation sites excluding steroid dienone is 1. The Morgan fingerprint density at radius 2 is 1.49 bits per heavy atom. The number of nitrogens with zero attached hydrogens (tertiary/aromatic N) is 1. The van der Waals surface area contributed by atoms with E-state index in [4.69, 9.17) is 13.8 Å². The number of nitrogens with one attached hydrogen (secondary N) is 1. The van der Waals surface area contributed by atoms with E-state index in [9.17, 15) is 19.7 Å². The highest BCUT2D eigenvalue weighted by Crippen LogP contribution is 2.52. The maximum absolute atomic E-state index is 14.8. The first-order valence-corrected chi connectivity index (χ1v) is 24.6. The summed E-state index contributed by atoms with van der Waals surface area (Å²) in [6.45, 7) is 9.05. The molecular formula is C51H54BIN2O7Si. The minimum Gasteiger partial charge on any atom is -0.504 e. The number of methoxy groups -OCH3 is 1. The maximum atomic E-state index is 14.8. The fourth-order valence-electron chi connectivity index (χ4n) is 10.0. The number of phenols is 1. The number of ether oxygens (including phenoxy) is 1. The minimum atomic E-state index is -3.02. The van der Waals surface area contributed by atoms with Gasteiger partial charge < -0.3 is 29.3 Å². The van der Waals surface area contributed by atoms with Crippen molar-refractivity contribution >= 4 is 83.4 Å². The molecule has 0 aromatic heterocycles. The third-order valence-corrected chi connectivity index (χ3v) is 18.7. The normalized spacial score (nSPS) is 20.5. The lowest BCUT2D eigenvalue weighted by molar-refractivity contribution is -0.122. The van der Waals surface area contributed by atoms with E-state index >= 15 is 0 Å². The second-order valence-corrected chi connectivity index (χ2v) is 23.4. The molecule has 0 bridgehead atoms. The Morgan fingerprint density at radius 3 is 2.10 bits per heavy atom. The molecule has 4 atom stereocenters. The molecule has 1 aliphatic carbocycles. The maximum Gasteiger partial charge on any atom is 0.455 e. The van der Waals surface area contributed by atoms with Crippen molar-refractivity contribution in [2.75, 3.05) is 23.9 Å². The number of imide groups is 1. The molecule has 2 aliphatic heterocycles. The monoisotopic (exact) mass is 972 g/mol. The number of aromatic hydroxyl groups is 1. The van der Waals surface area contributed by atoms with Crippen molar-refractivity contribution in [2.45, 2.75) is 64.4 Å². The highest BCUT2D eigenvalue weighted by molar-refractivity contribution is 14.1. The zero-order valence-corrected chi connectivity index (χ0v) is 39.5. The summed E-state index contributed by atoms with van der Waals surface area (Å²) in [7, 11) is -2.60. The van der Waals surface area contributed by atoms with Gasteiger partial charge in [0.2, 0.25) is 11.8 Å². The molecule has 3 N–H and O–H groups in total. The third kappa shape index (κ3) is 8.93. The van der Waals surface area contributed by atoms with Gasteiger partial charge in [-0.3, -0.25) is 14.5 Å². The Bertz CT molecular complexity index is 2480. The van der Waals surface area contributed by atoms with Crippen molar-refractivity contribution in [3.8, 4) is 11.5 Å². The number of rotatable bonds is 13. The molecule has 12 heteroatoms. The Morgan fingerprint density at radius 1 is 0.889 bits per heavy atom. The van der Waals surface area contributed by atoms with Gasteiger partial charge in [-0.1, -0.05) is 111 Å². The third-order valence-electron chi connectivity index (χ3n) is 12.9. The van der Waals surface area contributed by atoms with E-state index in [0.29, 0.717) is 34.3 Å². The molecule has 5 aromatic rings. The predicted molar refractivity (Wildman–Crippen MR) is 262 cm³/mol. The first-order chi connectivity index (χ1) is 30.3. The van der Waals surface area contributed by atoms with E-state index in [1.807, 2.05) is 78.9 Å². The van der Waals surface area contributed by atoms with Crippen LogP contribution in [-0.4, -0.2) is 57.2 Å². The van der Waals surface area contributed by atoms with Crippen molar-refractivity contribution in [1.29, 1.82) is 0 Å². The van der Waals surface area contributed by atoms with E-state index in [0.717, 1.165) is 44.0 Å². The molecule has 3 aliphatic rings. The minimum absolute atomic E-state index is 0.106. The summed E-state index contributed by atoms with van der Waals surface area (Å²) in [5, 5.41) is 27.3. The first kappa shape index (κ1) is 44.6. The number of phenolic OH excluding ortho intramolecular Hbond substituents is 1. The van der Waals surface area contributed by atoms with Crippen LogP contribution in [0.3, 0.4) is 0 Å². The summed E-state index contributed by atoms with van der Waals surface area (Å²) in [5.41, 5.74) is 6.20. The molecule has 324 valence electrons. The molecule has 63 heavy (non-hydrogen) atoms. The highest BCUT2D eigenvalue weighted by atomic mass is 127. The summed E-state index contributed by atoms with van der Waals surface area (Å²) in [6.07, 6.45) is 3.27. The van der Waals surface area contributed by atoms with Crippen molar-refractivity contribution in [3.63, 3.8) is 0 Å². The van der Waals surface area contributed by atoms with E-state index in [2.05, 4.69) is 110 Å². The number of amides is 2. The van der Waals surface area contributed by atoms with Gasteiger partial charge in [0, 0.05) is 11.4 Å². The van der Waals surface area contributed by atoms with Gasteiger partial charge in [0.25, 0.3) is 8.32 Å². The number of fused-ring (bicyclic) bond motifs is 3. The van der Waals surface area contributed by atoms with Crippen molar-refractivity contribution in [2.24, 2.45) is 17.8 Å². The molecule has 0 saturated carbocycles. The predicted octanol–water partition coefficient (Wildman–Crippen LogP) is 9.51. The first-order valence-electron chi connectivity index (χ1n) is 21.6. The Labute approximate surface area is 385 Å². The zero-order chi connectivity index (χ0) is 44.5. The summed E-state index contributed by atoms with van der Waals surface area (Å²) in [5.74, 6) is -1.67. The molecule has 2 saturated heterocycles. The largest absolute Gasteiger partial charge is 0.504 e. The van der Waals surface area contributed by atoms with Crippen molar-refractivity contribution in [1.82, 2.24) is 0 Å². The topological polar surface area (TPSA) is 118 Å². The molecule has 8 rings (SSSR count). The van der Waals surface area contributed by atoms with Gasteiger partial charge in [-0.15, -0.1) is 0 Å². The number of hydrogen-bond acceptors (Lipinski definition) is 8. The molecule has 0 unspecified atom stereocenters. The number of hydrogen-bond donors (Lipinski definition) is 3. The molecule has 2 amide bonds. The van der Waals surface area contributed by atoms with Gasteiger partial charge in [0.15, 0.2) is 11.5 Å². The van der Waals surface area contributed by atoms with Crippen LogP contribution < -0.4 is 25.3 Å². The lowest BCUT2D eigenvalue weighted by atomic mass is 9.58. The molecule has 0 spiro atoms. The van der Waals surface area contributed by atoms with E-state index in [1.165, 1.54) is 12.0 Å². The van der Waals surface area contributed by atoms with Crippen LogP contribution >= 0.6 is 22.6 Å². The zero-order valence-electron chi connectivity index (χ0n) is 36.4. The number of halogens is 1. The van der Waals surface area contributed by atoms with Gasteiger partial charge in [-0.25, -0.2) is 0 Å². The van der Waals surface area contributed by atoms with Crippen LogP contribution in [-0.2, 0) is 18.7 Å². The van der Waals surface area contributed by atoms with Crippen LogP contribution in [0.4, 0.5) is 17.1 Å². The van der Waals surface area contributed by atoms with E-state index < -0.39 is 39.3 Å². The van der Waals surface area contributed by atoms with E-state index in [-0.39, 0.29) is 35.5 Å². The summed E-state index contributed by atoms with van der Waals surface area (Å²) in [6, 6.07) is 42.0. The van der Waals surface area contributed by atoms with Gasteiger partial charge in [-0.2, -0.15) is 0 Å². The summed E-state index contributed by atoms with van der Waals surface area (Å²) >= 11 is 2.10. The van der Waals surface area contributed by atoms with E-state index in [1.54, 1.807) is 0 Å². The second kappa shape index (κ2) is 18.6. The number of para-hydroxylation sites is 1. The molecule has 2 heterocycles. The van der Waals surface area contributed by atoms with Crippen LogP contribution in [0.15, 0.2) is 144 Å². The van der Waals surface area contributed by atoms with Crippen LogP contribution in [0.25, 0.3) is 6.08 Å². The lowest BCUT2D eigenvalue weighted by Crippen LogP contribution is -2.66. The summed E-state index contributed by atoms with van der Waals surface area (Å²) in [4.78, 5) is 30.8. The smallest absolute Gasteiger partial charge is 0.455 e. The number of carbonyl (C=O) groups excluding carboxylic acids is 2. The van der Waals surface area contributed by atoms with Crippen LogP contribution in [0.5, 0.6) is 11.5 Å². The number of anilines is 3. The lowest BCUT2D eigenvalue weighted by Gasteiger charge is -2.46. The van der Waals surface area contributed by atoms with Gasteiger partial charge in [0.05, 0.1) is 40.9 Å². The fourth-order valence-corrected chi connectivity index (χ4v) is 15.2. The Hall–Kier alpha value is -4.99. The average molecular weight is 973 g/mol. The van der Waals surface area contributed by atoms with Crippen LogP contribution in [0.2, 0.25) is 11.4 Å². The summed E-state index contributed by atoms with van der Waals surface area (Å²) < 4.78 is 20.1. The SMILES string of the molecule is COc1cc(/C=C(\C)CC[C@H]2OB(O)C[C@H]3C2=C(CO[Si](c2ccccc2)(c2ccccc2)C(C)(C)C)C[C@H]2C(=O)N(c4ccc(Nc5ccccc5)cc4)C(=O)[C@H]23)cc(I)c1O. The molecule has 9 nitrogen and oxygen atoms in total.